The van der Waals surface area contributed by atoms with Gasteiger partial charge in [-0.25, -0.2) is 8.42 Å². The molecule has 2 N–H and O–H groups in total. The maximum absolute atomic E-state index is 12.7. The van der Waals surface area contributed by atoms with E-state index in [1.54, 1.807) is 12.1 Å². The van der Waals surface area contributed by atoms with Crippen molar-refractivity contribution in [3.8, 4) is 11.5 Å². The zero-order chi connectivity index (χ0) is 14.9. The van der Waals surface area contributed by atoms with Crippen LogP contribution in [0.1, 0.15) is 6.92 Å². The van der Waals surface area contributed by atoms with Crippen LogP contribution in [-0.2, 0) is 10.0 Å². The van der Waals surface area contributed by atoms with Crippen molar-refractivity contribution >= 4 is 10.0 Å². The third-order valence-electron chi connectivity index (χ3n) is 3.63. The molecule has 0 spiro atoms. The maximum Gasteiger partial charge on any atom is 0.246 e. The zero-order valence-corrected chi connectivity index (χ0v) is 12.7. The van der Waals surface area contributed by atoms with Crippen molar-refractivity contribution in [2.75, 3.05) is 27.3 Å². The van der Waals surface area contributed by atoms with Gasteiger partial charge in [0, 0.05) is 25.2 Å². The molecule has 1 saturated heterocycles. The van der Waals surface area contributed by atoms with Crippen molar-refractivity contribution in [3.63, 3.8) is 0 Å². The van der Waals surface area contributed by atoms with Gasteiger partial charge in [-0.05, 0) is 18.1 Å². The molecular weight excluding hydrogens is 280 g/mol. The topological polar surface area (TPSA) is 81.9 Å². The maximum atomic E-state index is 12.7. The summed E-state index contributed by atoms with van der Waals surface area (Å²) in [4.78, 5) is 0.112. The van der Waals surface area contributed by atoms with Gasteiger partial charge in [-0.1, -0.05) is 6.92 Å². The molecule has 0 bridgehead atoms. The standard InChI is InChI=1S/C13H20N2O4S/c1-9-7-15(8-11(9)14)20(16,17)13-6-10(18-2)4-5-12(13)19-3/h4-6,9,11H,7-8,14H2,1-3H3. The molecule has 2 atom stereocenters. The fourth-order valence-corrected chi connectivity index (χ4v) is 4.02. The molecule has 1 heterocycles. The summed E-state index contributed by atoms with van der Waals surface area (Å²) in [5, 5.41) is 0. The van der Waals surface area contributed by atoms with Crippen LogP contribution in [0, 0.1) is 5.92 Å². The van der Waals surface area contributed by atoms with E-state index >= 15 is 0 Å². The number of benzene rings is 1. The van der Waals surface area contributed by atoms with Crippen molar-refractivity contribution in [2.24, 2.45) is 11.7 Å². The number of methoxy groups -OCH3 is 2. The molecule has 0 radical (unpaired) electrons. The highest BCUT2D eigenvalue weighted by Crippen LogP contribution is 2.32. The van der Waals surface area contributed by atoms with Gasteiger partial charge in [0.15, 0.2) is 0 Å². The molecule has 20 heavy (non-hydrogen) atoms. The lowest BCUT2D eigenvalue weighted by molar-refractivity contribution is 0.388. The van der Waals surface area contributed by atoms with Crippen LogP contribution >= 0.6 is 0 Å². The van der Waals surface area contributed by atoms with E-state index < -0.39 is 10.0 Å². The molecule has 1 aromatic carbocycles. The van der Waals surface area contributed by atoms with Crippen molar-refractivity contribution < 1.29 is 17.9 Å². The smallest absolute Gasteiger partial charge is 0.246 e. The van der Waals surface area contributed by atoms with Gasteiger partial charge >= 0.3 is 0 Å². The Kier molecular flexibility index (Phi) is 4.22. The second-order valence-corrected chi connectivity index (χ2v) is 6.89. The Bertz CT molecular complexity index is 578. The number of sulfonamides is 1. The van der Waals surface area contributed by atoms with Crippen LogP contribution < -0.4 is 15.2 Å². The number of rotatable bonds is 4. The molecule has 0 amide bonds. The molecule has 1 aliphatic heterocycles. The molecule has 1 fully saturated rings. The van der Waals surface area contributed by atoms with Gasteiger partial charge < -0.3 is 15.2 Å². The Balaban J connectivity index is 2.43. The first-order chi connectivity index (χ1) is 9.40. The van der Waals surface area contributed by atoms with E-state index in [0.717, 1.165) is 0 Å². The molecule has 0 aromatic heterocycles. The third-order valence-corrected chi connectivity index (χ3v) is 5.48. The minimum absolute atomic E-state index is 0.112. The second kappa shape index (κ2) is 5.59. The molecule has 7 heteroatoms. The van der Waals surface area contributed by atoms with Gasteiger partial charge in [0.25, 0.3) is 0 Å². The van der Waals surface area contributed by atoms with Crippen LogP contribution in [0.3, 0.4) is 0 Å². The van der Waals surface area contributed by atoms with E-state index in [0.29, 0.717) is 24.6 Å². The number of hydrogen-bond acceptors (Lipinski definition) is 5. The zero-order valence-electron chi connectivity index (χ0n) is 11.9. The normalized spacial score (nSPS) is 23.8. The lowest BCUT2D eigenvalue weighted by Crippen LogP contribution is -2.32. The predicted molar refractivity (Wildman–Crippen MR) is 75.4 cm³/mol. The molecule has 112 valence electrons. The Morgan fingerprint density at radius 1 is 1.25 bits per heavy atom. The Morgan fingerprint density at radius 2 is 1.95 bits per heavy atom. The van der Waals surface area contributed by atoms with Crippen LogP contribution in [0.15, 0.2) is 23.1 Å². The first-order valence-electron chi connectivity index (χ1n) is 6.38. The predicted octanol–water partition coefficient (Wildman–Crippen LogP) is 0.672. The van der Waals surface area contributed by atoms with Crippen molar-refractivity contribution in [1.29, 1.82) is 0 Å². The first-order valence-corrected chi connectivity index (χ1v) is 7.82. The SMILES string of the molecule is COc1ccc(OC)c(S(=O)(=O)N2CC(C)C(N)C2)c1. The average Bonchev–Trinajstić information content (AvgIpc) is 2.78. The van der Waals surface area contributed by atoms with Gasteiger partial charge in [0.2, 0.25) is 10.0 Å². The quantitative estimate of drug-likeness (QED) is 0.884. The summed E-state index contributed by atoms with van der Waals surface area (Å²) >= 11 is 0. The lowest BCUT2D eigenvalue weighted by Gasteiger charge is -2.18. The van der Waals surface area contributed by atoms with Crippen LogP contribution in [0.4, 0.5) is 0 Å². The van der Waals surface area contributed by atoms with Crippen molar-refractivity contribution in [3.05, 3.63) is 18.2 Å². The minimum atomic E-state index is -3.63. The molecule has 1 aromatic rings. The van der Waals surface area contributed by atoms with E-state index in [2.05, 4.69) is 0 Å². The monoisotopic (exact) mass is 300 g/mol. The molecule has 1 aliphatic rings. The van der Waals surface area contributed by atoms with Gasteiger partial charge in [-0.3, -0.25) is 0 Å². The summed E-state index contributed by atoms with van der Waals surface area (Å²) in [6.07, 6.45) is 0. The summed E-state index contributed by atoms with van der Waals surface area (Å²) < 4.78 is 37.1. The van der Waals surface area contributed by atoms with Gasteiger partial charge in [0.1, 0.15) is 16.4 Å². The highest BCUT2D eigenvalue weighted by molar-refractivity contribution is 7.89. The van der Waals surface area contributed by atoms with Crippen LogP contribution in [0.2, 0.25) is 0 Å². The fourth-order valence-electron chi connectivity index (χ4n) is 2.27. The molecule has 2 rings (SSSR count). The Morgan fingerprint density at radius 3 is 2.45 bits per heavy atom. The van der Waals surface area contributed by atoms with Crippen LogP contribution in [0.25, 0.3) is 0 Å². The Labute approximate surface area is 119 Å². The third kappa shape index (κ3) is 2.61. The highest BCUT2D eigenvalue weighted by atomic mass is 32.2. The molecule has 6 nitrogen and oxygen atoms in total. The second-order valence-electron chi connectivity index (χ2n) is 4.98. The van der Waals surface area contributed by atoms with Crippen molar-refractivity contribution in [1.82, 2.24) is 4.31 Å². The Hall–Kier alpha value is -1.31. The van der Waals surface area contributed by atoms with E-state index in [4.69, 9.17) is 15.2 Å². The minimum Gasteiger partial charge on any atom is -0.497 e. The van der Waals surface area contributed by atoms with Gasteiger partial charge in [0.05, 0.1) is 14.2 Å². The fraction of sp³-hybridized carbons (Fsp3) is 0.538. The summed E-state index contributed by atoms with van der Waals surface area (Å²) in [7, 11) is -0.696. The van der Waals surface area contributed by atoms with Crippen LogP contribution in [-0.4, -0.2) is 46.1 Å². The highest BCUT2D eigenvalue weighted by Gasteiger charge is 2.36. The summed E-state index contributed by atoms with van der Waals surface area (Å²) in [5.74, 6) is 0.918. The van der Waals surface area contributed by atoms with E-state index in [-0.39, 0.29) is 16.9 Å². The van der Waals surface area contributed by atoms with E-state index in [1.807, 2.05) is 6.92 Å². The average molecular weight is 300 g/mol. The van der Waals surface area contributed by atoms with Crippen molar-refractivity contribution in [2.45, 2.75) is 17.9 Å². The molecular formula is C13H20N2O4S. The summed E-state index contributed by atoms with van der Waals surface area (Å²) in [6.45, 7) is 2.69. The van der Waals surface area contributed by atoms with E-state index in [9.17, 15) is 8.42 Å². The first kappa shape index (κ1) is 15.1. The number of nitrogens with two attached hydrogens (primary N) is 1. The number of nitrogens with zero attached hydrogens (tertiary/aromatic N) is 1. The summed E-state index contributed by atoms with van der Waals surface area (Å²) in [5.41, 5.74) is 5.91. The lowest BCUT2D eigenvalue weighted by atomic mass is 10.1. The van der Waals surface area contributed by atoms with Gasteiger partial charge in [-0.2, -0.15) is 4.31 Å². The van der Waals surface area contributed by atoms with Gasteiger partial charge in [-0.15, -0.1) is 0 Å². The summed E-state index contributed by atoms with van der Waals surface area (Å²) in [6, 6.07) is 4.59. The largest absolute Gasteiger partial charge is 0.497 e. The number of hydrogen-bond donors (Lipinski definition) is 1. The number of ether oxygens (including phenoxy) is 2. The van der Waals surface area contributed by atoms with E-state index in [1.165, 1.54) is 24.6 Å². The van der Waals surface area contributed by atoms with Crippen LogP contribution in [0.5, 0.6) is 11.5 Å². The molecule has 0 saturated carbocycles. The molecule has 0 aliphatic carbocycles. The molecule has 2 unspecified atom stereocenters.